The first-order valence-electron chi connectivity index (χ1n) is 7.98. The molecular weight excluding hydrogens is 306 g/mol. The number of hydrogen-bond acceptors (Lipinski definition) is 8. The Labute approximate surface area is 141 Å². The summed E-state index contributed by atoms with van der Waals surface area (Å²) < 4.78 is 5.18. The maximum absolute atomic E-state index is 5.82. The van der Waals surface area contributed by atoms with E-state index < -0.39 is 0 Å². The number of rotatable bonds is 5. The van der Waals surface area contributed by atoms with E-state index in [0.29, 0.717) is 18.3 Å². The largest absolute Gasteiger partial charge is 0.495 e. The van der Waals surface area contributed by atoms with Crippen LogP contribution in [0.25, 0.3) is 0 Å². The highest BCUT2D eigenvalue weighted by molar-refractivity contribution is 5.32. The van der Waals surface area contributed by atoms with Crippen molar-refractivity contribution < 1.29 is 4.74 Å². The molecule has 0 spiro atoms. The van der Waals surface area contributed by atoms with E-state index >= 15 is 0 Å². The molecule has 2 N–H and O–H groups in total. The monoisotopic (exact) mass is 329 g/mol. The Morgan fingerprint density at radius 1 is 1.29 bits per heavy atom. The summed E-state index contributed by atoms with van der Waals surface area (Å²) in [7, 11) is 5.42. The van der Waals surface area contributed by atoms with E-state index in [2.05, 4.69) is 24.8 Å². The van der Waals surface area contributed by atoms with E-state index in [-0.39, 0.29) is 12.0 Å². The van der Waals surface area contributed by atoms with Gasteiger partial charge in [0.2, 0.25) is 11.9 Å². The fourth-order valence-electron chi connectivity index (χ4n) is 2.94. The van der Waals surface area contributed by atoms with Crippen LogP contribution in [0.1, 0.15) is 30.4 Å². The lowest BCUT2D eigenvalue weighted by Crippen LogP contribution is -2.26. The van der Waals surface area contributed by atoms with E-state index in [9.17, 15) is 0 Å². The molecule has 3 heterocycles. The Hall–Kier alpha value is -2.48. The van der Waals surface area contributed by atoms with Crippen LogP contribution in [0.4, 0.5) is 11.9 Å². The van der Waals surface area contributed by atoms with Crippen molar-refractivity contribution in [2.75, 3.05) is 38.4 Å². The van der Waals surface area contributed by atoms with Crippen LogP contribution in [0.15, 0.2) is 18.3 Å². The third-order valence-electron chi connectivity index (χ3n) is 4.13. The molecule has 128 valence electrons. The van der Waals surface area contributed by atoms with Gasteiger partial charge >= 0.3 is 0 Å². The number of likely N-dealkylation sites (tertiary alicyclic amines) is 1. The van der Waals surface area contributed by atoms with Crippen LogP contribution in [0, 0.1) is 0 Å². The fraction of sp³-hybridized carbons (Fsp3) is 0.500. The van der Waals surface area contributed by atoms with E-state index in [1.54, 1.807) is 13.3 Å². The Morgan fingerprint density at radius 3 is 2.79 bits per heavy atom. The van der Waals surface area contributed by atoms with Crippen LogP contribution in [0.3, 0.4) is 0 Å². The highest BCUT2D eigenvalue weighted by atomic mass is 16.5. The third kappa shape index (κ3) is 3.53. The van der Waals surface area contributed by atoms with Gasteiger partial charge in [0, 0.05) is 14.1 Å². The first-order chi connectivity index (χ1) is 11.6. The van der Waals surface area contributed by atoms with Gasteiger partial charge in [0.15, 0.2) is 0 Å². The molecule has 0 aromatic carbocycles. The maximum Gasteiger partial charge on any atom is 0.229 e. The molecule has 8 nitrogen and oxygen atoms in total. The first kappa shape index (κ1) is 16.4. The summed E-state index contributed by atoms with van der Waals surface area (Å²) in [5, 5.41) is 0. The molecule has 0 radical (unpaired) electrons. The second kappa shape index (κ2) is 6.96. The minimum Gasteiger partial charge on any atom is -0.495 e. The maximum atomic E-state index is 5.82. The zero-order valence-electron chi connectivity index (χ0n) is 14.3. The molecule has 1 unspecified atom stereocenters. The van der Waals surface area contributed by atoms with Gasteiger partial charge in [-0.3, -0.25) is 9.88 Å². The second-order valence-corrected chi connectivity index (χ2v) is 6.06. The van der Waals surface area contributed by atoms with Crippen LogP contribution < -0.4 is 15.4 Å². The number of ether oxygens (including phenoxy) is 1. The number of methoxy groups -OCH3 is 1. The number of nitrogens with two attached hydrogens (primary N) is 1. The minimum absolute atomic E-state index is 0.252. The summed E-state index contributed by atoms with van der Waals surface area (Å²) in [5.74, 6) is 2.29. The van der Waals surface area contributed by atoms with Gasteiger partial charge in [-0.2, -0.15) is 15.0 Å². The van der Waals surface area contributed by atoms with Gasteiger partial charge in [0.25, 0.3) is 0 Å². The first-order valence-corrected chi connectivity index (χ1v) is 7.98. The molecule has 1 saturated heterocycles. The molecule has 24 heavy (non-hydrogen) atoms. The Balaban J connectivity index is 1.78. The van der Waals surface area contributed by atoms with E-state index in [4.69, 9.17) is 10.5 Å². The van der Waals surface area contributed by atoms with Crippen LogP contribution in [0.2, 0.25) is 0 Å². The number of anilines is 2. The highest BCUT2D eigenvalue weighted by Crippen LogP contribution is 2.32. The van der Waals surface area contributed by atoms with Gasteiger partial charge in [0.05, 0.1) is 31.6 Å². The molecule has 8 heteroatoms. The number of aromatic nitrogens is 4. The van der Waals surface area contributed by atoms with E-state index in [1.807, 2.05) is 31.1 Å². The summed E-state index contributed by atoms with van der Waals surface area (Å²) in [6, 6.07) is 4.23. The fourth-order valence-corrected chi connectivity index (χ4v) is 2.94. The van der Waals surface area contributed by atoms with Gasteiger partial charge in [-0.15, -0.1) is 0 Å². The van der Waals surface area contributed by atoms with Crippen LogP contribution in [-0.2, 0) is 6.54 Å². The van der Waals surface area contributed by atoms with Crippen molar-refractivity contribution in [2.45, 2.75) is 25.4 Å². The predicted molar refractivity (Wildman–Crippen MR) is 91.7 cm³/mol. The number of nitrogen functional groups attached to an aromatic ring is 1. The molecule has 0 bridgehead atoms. The molecular formula is C16H23N7O. The molecule has 2 aromatic heterocycles. The summed E-state index contributed by atoms with van der Waals surface area (Å²) in [4.78, 5) is 21.6. The SMILES string of the molecule is COc1ccc(C2CCCN2Cc2nc(N)nc(N(C)C)n2)nc1. The highest BCUT2D eigenvalue weighted by Gasteiger charge is 2.28. The zero-order chi connectivity index (χ0) is 17.1. The van der Waals surface area contributed by atoms with Crippen molar-refractivity contribution >= 4 is 11.9 Å². The number of pyridine rings is 1. The molecule has 0 amide bonds. The van der Waals surface area contributed by atoms with Crippen molar-refractivity contribution in [2.24, 2.45) is 0 Å². The molecule has 2 aromatic rings. The lowest BCUT2D eigenvalue weighted by atomic mass is 10.1. The lowest BCUT2D eigenvalue weighted by molar-refractivity contribution is 0.238. The normalized spacial score (nSPS) is 17.9. The van der Waals surface area contributed by atoms with Crippen LogP contribution in [0.5, 0.6) is 5.75 Å². The second-order valence-electron chi connectivity index (χ2n) is 6.06. The summed E-state index contributed by atoms with van der Waals surface area (Å²) in [6.07, 6.45) is 3.96. The van der Waals surface area contributed by atoms with Crippen molar-refractivity contribution in [1.82, 2.24) is 24.8 Å². The van der Waals surface area contributed by atoms with Crippen molar-refractivity contribution in [1.29, 1.82) is 0 Å². The molecule has 1 fully saturated rings. The van der Waals surface area contributed by atoms with Crippen molar-refractivity contribution in [3.63, 3.8) is 0 Å². The summed E-state index contributed by atoms with van der Waals surface area (Å²) in [5.41, 5.74) is 6.86. The van der Waals surface area contributed by atoms with Gasteiger partial charge in [0.1, 0.15) is 11.6 Å². The smallest absolute Gasteiger partial charge is 0.229 e. The quantitative estimate of drug-likeness (QED) is 0.876. The number of hydrogen-bond donors (Lipinski definition) is 1. The van der Waals surface area contributed by atoms with Gasteiger partial charge in [-0.05, 0) is 31.5 Å². The lowest BCUT2D eigenvalue weighted by Gasteiger charge is -2.23. The van der Waals surface area contributed by atoms with Gasteiger partial charge in [-0.25, -0.2) is 0 Å². The summed E-state index contributed by atoms with van der Waals surface area (Å²) in [6.45, 7) is 1.62. The van der Waals surface area contributed by atoms with E-state index in [1.165, 1.54) is 0 Å². The van der Waals surface area contributed by atoms with Gasteiger partial charge < -0.3 is 15.4 Å². The summed E-state index contributed by atoms with van der Waals surface area (Å²) >= 11 is 0. The standard InChI is InChI=1S/C16H23N7O/c1-22(2)16-20-14(19-15(17)21-16)10-23-8-4-5-13(23)12-7-6-11(24-3)9-18-12/h6-7,9,13H,4-5,8,10H2,1-3H3,(H2,17,19,20,21). The van der Waals surface area contributed by atoms with Gasteiger partial charge in [-0.1, -0.05) is 0 Å². The molecule has 1 aliphatic heterocycles. The van der Waals surface area contributed by atoms with Crippen LogP contribution >= 0.6 is 0 Å². The zero-order valence-corrected chi connectivity index (χ0v) is 14.3. The molecule has 0 saturated carbocycles. The van der Waals surface area contributed by atoms with Crippen LogP contribution in [-0.4, -0.2) is 52.6 Å². The predicted octanol–water partition coefficient (Wildman–Crippen LogP) is 1.26. The van der Waals surface area contributed by atoms with E-state index in [0.717, 1.165) is 30.8 Å². The average Bonchev–Trinajstić information content (AvgIpc) is 3.02. The third-order valence-corrected chi connectivity index (χ3v) is 4.13. The molecule has 0 aliphatic carbocycles. The minimum atomic E-state index is 0.252. The molecule has 1 atom stereocenters. The van der Waals surface area contributed by atoms with Crippen molar-refractivity contribution in [3.05, 3.63) is 29.8 Å². The molecule has 1 aliphatic rings. The Kier molecular flexibility index (Phi) is 4.75. The van der Waals surface area contributed by atoms with Crippen molar-refractivity contribution in [3.8, 4) is 5.75 Å². The Morgan fingerprint density at radius 2 is 2.12 bits per heavy atom. The average molecular weight is 329 g/mol. The number of nitrogens with zero attached hydrogens (tertiary/aromatic N) is 6. The molecule has 3 rings (SSSR count). The Bertz CT molecular complexity index is 689. The topological polar surface area (TPSA) is 93.3 Å².